The number of carbonyl (C=O) groups is 2. The Morgan fingerprint density at radius 1 is 1.06 bits per heavy atom. The monoisotopic (exact) mass is 423 g/mol. The minimum Gasteiger partial charge on any atom is -0.378 e. The van der Waals surface area contributed by atoms with Crippen LogP contribution in [-0.4, -0.2) is 74.6 Å². The zero-order valence-corrected chi connectivity index (χ0v) is 18.5. The van der Waals surface area contributed by atoms with Crippen molar-refractivity contribution in [2.75, 3.05) is 46.9 Å². The molecule has 0 spiro atoms. The van der Waals surface area contributed by atoms with Gasteiger partial charge in [0.1, 0.15) is 6.04 Å². The lowest BCUT2D eigenvalue weighted by atomic mass is 10.0. The number of carbonyl (C=O) groups excluding carboxylic acids is 2. The van der Waals surface area contributed by atoms with Gasteiger partial charge in [0.25, 0.3) is 0 Å². The first kappa shape index (κ1) is 23.0. The summed E-state index contributed by atoms with van der Waals surface area (Å²) < 4.78 is 5.52. The van der Waals surface area contributed by atoms with Crippen molar-refractivity contribution in [1.29, 1.82) is 0 Å². The van der Waals surface area contributed by atoms with Crippen LogP contribution in [0, 0.1) is 0 Å². The van der Waals surface area contributed by atoms with Gasteiger partial charge in [-0.1, -0.05) is 54.6 Å². The molecule has 1 N–H and O–H groups in total. The summed E-state index contributed by atoms with van der Waals surface area (Å²) in [5.74, 6) is 0.0180. The maximum atomic E-state index is 13.0. The van der Waals surface area contributed by atoms with Crippen LogP contribution in [0.4, 0.5) is 0 Å². The van der Waals surface area contributed by atoms with Gasteiger partial charge >= 0.3 is 0 Å². The fourth-order valence-electron chi connectivity index (χ4n) is 3.89. The first-order chi connectivity index (χ1) is 15.1. The van der Waals surface area contributed by atoms with Crippen LogP contribution in [0.5, 0.6) is 0 Å². The van der Waals surface area contributed by atoms with E-state index in [4.69, 9.17) is 4.74 Å². The van der Waals surface area contributed by atoms with Crippen molar-refractivity contribution >= 4 is 11.8 Å². The quantitative estimate of drug-likeness (QED) is 0.597. The van der Waals surface area contributed by atoms with E-state index >= 15 is 0 Å². The van der Waals surface area contributed by atoms with E-state index < -0.39 is 0 Å². The number of likely N-dealkylation sites (tertiary alicyclic amines) is 1. The van der Waals surface area contributed by atoms with Crippen molar-refractivity contribution in [2.24, 2.45) is 0 Å². The summed E-state index contributed by atoms with van der Waals surface area (Å²) in [6.45, 7) is 3.08. The average molecular weight is 424 g/mol. The van der Waals surface area contributed by atoms with Gasteiger partial charge in [-0.3, -0.25) is 9.59 Å². The Morgan fingerprint density at radius 3 is 2.48 bits per heavy atom. The van der Waals surface area contributed by atoms with Crippen molar-refractivity contribution in [2.45, 2.75) is 25.3 Å². The Balaban J connectivity index is 1.54. The maximum absolute atomic E-state index is 13.0. The third-order valence-electron chi connectivity index (χ3n) is 5.72. The smallest absolute Gasteiger partial charge is 0.245 e. The third kappa shape index (κ3) is 6.39. The SMILES string of the molecule is CNCCOCCN(C)C(=O)C1CCCN1C(=O)Cc1ccc(-c2ccccc2)cc1. The van der Waals surface area contributed by atoms with Gasteiger partial charge in [-0.2, -0.15) is 0 Å². The number of likely N-dealkylation sites (N-methyl/N-ethyl adjacent to an activating group) is 2. The van der Waals surface area contributed by atoms with E-state index in [2.05, 4.69) is 17.4 Å². The van der Waals surface area contributed by atoms with E-state index in [1.54, 1.807) is 16.8 Å². The largest absolute Gasteiger partial charge is 0.378 e. The second-order valence-electron chi connectivity index (χ2n) is 7.96. The highest BCUT2D eigenvalue weighted by molar-refractivity contribution is 5.89. The topological polar surface area (TPSA) is 61.9 Å². The molecule has 0 radical (unpaired) electrons. The molecule has 1 aliphatic rings. The first-order valence-corrected chi connectivity index (χ1v) is 11.0. The number of amides is 2. The Hall–Kier alpha value is -2.70. The zero-order valence-electron chi connectivity index (χ0n) is 18.5. The Labute approximate surface area is 185 Å². The summed E-state index contributed by atoms with van der Waals surface area (Å²) >= 11 is 0. The van der Waals surface area contributed by atoms with E-state index in [1.165, 1.54) is 0 Å². The molecule has 1 atom stereocenters. The molecule has 1 unspecified atom stereocenters. The third-order valence-corrected chi connectivity index (χ3v) is 5.72. The number of rotatable bonds is 10. The van der Waals surface area contributed by atoms with Crippen LogP contribution in [0.1, 0.15) is 18.4 Å². The highest BCUT2D eigenvalue weighted by Gasteiger charge is 2.35. The molecule has 1 saturated heterocycles. The van der Waals surface area contributed by atoms with Gasteiger partial charge < -0.3 is 19.9 Å². The number of nitrogens with one attached hydrogen (secondary N) is 1. The molecule has 31 heavy (non-hydrogen) atoms. The summed E-state index contributed by atoms with van der Waals surface area (Å²) in [6.07, 6.45) is 1.90. The molecule has 3 rings (SSSR count). The van der Waals surface area contributed by atoms with Crippen LogP contribution in [0.2, 0.25) is 0 Å². The fourth-order valence-corrected chi connectivity index (χ4v) is 3.89. The predicted octanol–water partition coefficient (Wildman–Crippen LogP) is 2.58. The van der Waals surface area contributed by atoms with Gasteiger partial charge in [-0.25, -0.2) is 0 Å². The zero-order chi connectivity index (χ0) is 22.1. The summed E-state index contributed by atoms with van der Waals surface area (Å²) in [4.78, 5) is 29.3. The van der Waals surface area contributed by atoms with Crippen LogP contribution in [-0.2, 0) is 20.7 Å². The van der Waals surface area contributed by atoms with Gasteiger partial charge in [0.2, 0.25) is 11.8 Å². The highest BCUT2D eigenvalue weighted by atomic mass is 16.5. The van der Waals surface area contributed by atoms with Gasteiger partial charge in [0.05, 0.1) is 19.6 Å². The van der Waals surface area contributed by atoms with Gasteiger partial charge in [-0.05, 0) is 36.6 Å². The molecule has 6 heteroatoms. The minimum atomic E-state index is -0.363. The number of nitrogens with zero attached hydrogens (tertiary/aromatic N) is 2. The summed E-state index contributed by atoms with van der Waals surface area (Å²) in [5, 5.41) is 3.02. The lowest BCUT2D eigenvalue weighted by Gasteiger charge is -2.28. The molecular weight excluding hydrogens is 390 g/mol. The normalized spacial score (nSPS) is 15.8. The molecule has 1 fully saturated rings. The Kier molecular flexibility index (Phi) is 8.62. The molecule has 0 bridgehead atoms. The standard InChI is InChI=1S/C25H33N3O3/c1-26-14-17-31-18-16-27(2)25(30)23-9-6-15-28(23)24(29)19-20-10-12-22(13-11-20)21-7-4-3-5-8-21/h3-5,7-8,10-13,23,26H,6,9,14-19H2,1-2H3. The lowest BCUT2D eigenvalue weighted by Crippen LogP contribution is -2.47. The molecule has 166 valence electrons. The molecule has 0 aliphatic carbocycles. The Bertz CT molecular complexity index is 839. The van der Waals surface area contributed by atoms with Crippen LogP contribution < -0.4 is 5.32 Å². The van der Waals surface area contributed by atoms with Crippen LogP contribution in [0.3, 0.4) is 0 Å². The molecule has 0 aromatic heterocycles. The average Bonchev–Trinajstić information content (AvgIpc) is 3.29. The predicted molar refractivity (Wildman–Crippen MR) is 123 cm³/mol. The van der Waals surface area contributed by atoms with E-state index in [0.29, 0.717) is 32.7 Å². The molecule has 2 amide bonds. The molecule has 1 heterocycles. The van der Waals surface area contributed by atoms with Crippen molar-refractivity contribution in [3.8, 4) is 11.1 Å². The van der Waals surface area contributed by atoms with Gasteiger partial charge in [-0.15, -0.1) is 0 Å². The van der Waals surface area contributed by atoms with E-state index in [9.17, 15) is 9.59 Å². The highest BCUT2D eigenvalue weighted by Crippen LogP contribution is 2.22. The van der Waals surface area contributed by atoms with E-state index in [0.717, 1.165) is 36.1 Å². The van der Waals surface area contributed by atoms with Crippen molar-refractivity contribution in [3.05, 3.63) is 60.2 Å². The summed E-state index contributed by atoms with van der Waals surface area (Å²) in [7, 11) is 3.66. The molecule has 6 nitrogen and oxygen atoms in total. The summed E-state index contributed by atoms with van der Waals surface area (Å²) in [5.41, 5.74) is 3.25. The van der Waals surface area contributed by atoms with Crippen LogP contribution in [0.15, 0.2) is 54.6 Å². The number of hydrogen-bond acceptors (Lipinski definition) is 4. The lowest BCUT2D eigenvalue weighted by molar-refractivity contribution is -0.143. The van der Waals surface area contributed by atoms with E-state index in [1.807, 2.05) is 49.5 Å². The second kappa shape index (κ2) is 11.6. The molecule has 1 aliphatic heterocycles. The Morgan fingerprint density at radius 2 is 1.77 bits per heavy atom. The van der Waals surface area contributed by atoms with Crippen LogP contribution in [0.25, 0.3) is 11.1 Å². The number of ether oxygens (including phenoxy) is 1. The van der Waals surface area contributed by atoms with Gasteiger partial charge in [0.15, 0.2) is 0 Å². The van der Waals surface area contributed by atoms with E-state index in [-0.39, 0.29) is 17.9 Å². The molecule has 0 saturated carbocycles. The minimum absolute atomic E-state index is 0.00231. The molecular formula is C25H33N3O3. The molecule has 2 aromatic rings. The second-order valence-corrected chi connectivity index (χ2v) is 7.96. The van der Waals surface area contributed by atoms with Crippen molar-refractivity contribution < 1.29 is 14.3 Å². The fraction of sp³-hybridized carbons (Fsp3) is 0.440. The van der Waals surface area contributed by atoms with Crippen molar-refractivity contribution in [1.82, 2.24) is 15.1 Å². The number of hydrogen-bond donors (Lipinski definition) is 1. The summed E-state index contributed by atoms with van der Waals surface area (Å²) in [6, 6.07) is 17.9. The molecule has 2 aromatic carbocycles. The maximum Gasteiger partial charge on any atom is 0.245 e. The van der Waals surface area contributed by atoms with Crippen LogP contribution >= 0.6 is 0 Å². The number of benzene rings is 2. The first-order valence-electron chi connectivity index (χ1n) is 11.0. The van der Waals surface area contributed by atoms with Crippen molar-refractivity contribution in [3.63, 3.8) is 0 Å². The van der Waals surface area contributed by atoms with Gasteiger partial charge in [0, 0.05) is 26.7 Å².